The molecule has 3 unspecified atom stereocenters. The second kappa shape index (κ2) is 8.21. The molecule has 1 aliphatic rings. The lowest BCUT2D eigenvalue weighted by atomic mass is 9.76. The van der Waals surface area contributed by atoms with Gasteiger partial charge in [-0.2, -0.15) is 11.8 Å². The third kappa shape index (κ3) is 5.14. The van der Waals surface area contributed by atoms with Crippen LogP contribution in [0.2, 0.25) is 0 Å². The Labute approximate surface area is 137 Å². The van der Waals surface area contributed by atoms with Gasteiger partial charge in [-0.15, -0.1) is 0 Å². The van der Waals surface area contributed by atoms with Crippen LogP contribution in [0.3, 0.4) is 0 Å². The zero-order valence-electron chi connectivity index (χ0n) is 15.2. The predicted molar refractivity (Wildman–Crippen MR) is 98.0 cm³/mol. The van der Waals surface area contributed by atoms with Crippen molar-refractivity contribution in [2.24, 2.45) is 17.1 Å². The quantitative estimate of drug-likeness (QED) is 0.738. The molecule has 0 aromatic heterocycles. The third-order valence-corrected chi connectivity index (χ3v) is 6.55. The van der Waals surface area contributed by atoms with Crippen molar-refractivity contribution in [3.05, 3.63) is 0 Å². The van der Waals surface area contributed by atoms with E-state index in [1.165, 1.54) is 44.3 Å². The summed E-state index contributed by atoms with van der Waals surface area (Å²) >= 11 is 1.95. The van der Waals surface area contributed by atoms with Crippen LogP contribution in [-0.4, -0.2) is 42.1 Å². The maximum absolute atomic E-state index is 6.28. The number of nitrogens with two attached hydrogens (primary N) is 1. The van der Waals surface area contributed by atoms with Gasteiger partial charge in [0.15, 0.2) is 0 Å². The molecule has 3 atom stereocenters. The van der Waals surface area contributed by atoms with Crippen molar-refractivity contribution in [2.45, 2.75) is 77.8 Å². The molecule has 0 radical (unpaired) electrons. The molecule has 21 heavy (non-hydrogen) atoms. The minimum atomic E-state index is 0.234. The van der Waals surface area contributed by atoms with Gasteiger partial charge < -0.3 is 5.73 Å². The molecule has 1 fully saturated rings. The maximum Gasteiger partial charge on any atom is 0.0331 e. The summed E-state index contributed by atoms with van der Waals surface area (Å²) in [6.07, 6.45) is 10.0. The van der Waals surface area contributed by atoms with Gasteiger partial charge >= 0.3 is 0 Å². The van der Waals surface area contributed by atoms with Crippen LogP contribution < -0.4 is 5.73 Å². The number of likely N-dealkylation sites (N-methyl/N-ethyl adjacent to an activating group) is 1. The summed E-state index contributed by atoms with van der Waals surface area (Å²) in [6.45, 7) is 10.4. The average molecular weight is 315 g/mol. The summed E-state index contributed by atoms with van der Waals surface area (Å²) in [5.41, 5.74) is 6.95. The van der Waals surface area contributed by atoms with Crippen LogP contribution in [0.25, 0.3) is 0 Å². The minimum Gasteiger partial charge on any atom is -0.329 e. The highest BCUT2D eigenvalue weighted by Gasteiger charge is 2.39. The van der Waals surface area contributed by atoms with Gasteiger partial charge in [-0.3, -0.25) is 4.90 Å². The van der Waals surface area contributed by atoms with E-state index in [1.54, 1.807) is 0 Å². The van der Waals surface area contributed by atoms with E-state index >= 15 is 0 Å². The highest BCUT2D eigenvalue weighted by Crippen LogP contribution is 2.41. The SMILES string of the molecule is CSCCC(C)N(C)C1(CN)CCCC(C(C)(C)C)CC1. The molecule has 0 bridgehead atoms. The molecule has 1 saturated carbocycles. The number of hydrogen-bond acceptors (Lipinski definition) is 3. The fourth-order valence-electron chi connectivity index (χ4n) is 3.91. The Morgan fingerprint density at radius 3 is 2.48 bits per heavy atom. The van der Waals surface area contributed by atoms with Gasteiger partial charge in [-0.25, -0.2) is 0 Å². The van der Waals surface area contributed by atoms with E-state index in [0.29, 0.717) is 11.5 Å². The molecule has 3 heteroatoms. The van der Waals surface area contributed by atoms with Gasteiger partial charge in [-0.1, -0.05) is 27.2 Å². The van der Waals surface area contributed by atoms with Gasteiger partial charge in [0, 0.05) is 18.1 Å². The molecule has 0 aliphatic heterocycles. The van der Waals surface area contributed by atoms with Crippen molar-refractivity contribution < 1.29 is 0 Å². The van der Waals surface area contributed by atoms with Gasteiger partial charge in [0.25, 0.3) is 0 Å². The first-order chi connectivity index (χ1) is 9.77. The van der Waals surface area contributed by atoms with Crippen LogP contribution in [0.1, 0.15) is 66.2 Å². The Hall–Kier alpha value is 0.270. The number of rotatable bonds is 6. The smallest absolute Gasteiger partial charge is 0.0331 e. The monoisotopic (exact) mass is 314 g/mol. The Morgan fingerprint density at radius 2 is 1.95 bits per heavy atom. The number of thioether (sulfide) groups is 1. The van der Waals surface area contributed by atoms with E-state index in [9.17, 15) is 0 Å². The lowest BCUT2D eigenvalue weighted by Gasteiger charge is -2.44. The number of hydrogen-bond donors (Lipinski definition) is 1. The van der Waals surface area contributed by atoms with E-state index in [-0.39, 0.29) is 5.54 Å². The normalized spacial score (nSPS) is 29.4. The first-order valence-corrected chi connectivity index (χ1v) is 10.1. The van der Waals surface area contributed by atoms with Crippen LogP contribution >= 0.6 is 11.8 Å². The lowest BCUT2D eigenvalue weighted by molar-refractivity contribution is 0.0651. The molecule has 2 N–H and O–H groups in total. The highest BCUT2D eigenvalue weighted by atomic mass is 32.2. The van der Waals surface area contributed by atoms with Crippen LogP contribution in [-0.2, 0) is 0 Å². The first-order valence-electron chi connectivity index (χ1n) is 8.69. The predicted octanol–water partition coefficient (Wildman–Crippen LogP) is 4.38. The van der Waals surface area contributed by atoms with E-state index in [4.69, 9.17) is 5.73 Å². The Morgan fingerprint density at radius 1 is 1.29 bits per heavy atom. The van der Waals surface area contributed by atoms with E-state index in [2.05, 4.69) is 45.9 Å². The molecule has 0 heterocycles. The Bertz CT molecular complexity index is 300. The van der Waals surface area contributed by atoms with Crippen LogP contribution in [0.5, 0.6) is 0 Å². The topological polar surface area (TPSA) is 29.3 Å². The molecule has 0 amide bonds. The second-order valence-electron chi connectivity index (χ2n) is 8.16. The molecule has 0 saturated heterocycles. The van der Waals surface area contributed by atoms with E-state index in [0.717, 1.165) is 12.5 Å². The Kier molecular flexibility index (Phi) is 7.56. The molecule has 2 nitrogen and oxygen atoms in total. The molecule has 0 aromatic rings. The zero-order chi connectivity index (χ0) is 16.1. The summed E-state index contributed by atoms with van der Waals surface area (Å²) in [7, 11) is 2.31. The van der Waals surface area contributed by atoms with E-state index in [1.807, 2.05) is 11.8 Å². The first kappa shape index (κ1) is 19.3. The van der Waals surface area contributed by atoms with Gasteiger partial charge in [0.2, 0.25) is 0 Å². The van der Waals surface area contributed by atoms with Crippen molar-refractivity contribution in [1.29, 1.82) is 0 Å². The molecule has 0 spiro atoms. The Balaban J connectivity index is 2.75. The average Bonchev–Trinajstić information content (AvgIpc) is 2.66. The van der Waals surface area contributed by atoms with Crippen molar-refractivity contribution in [3.8, 4) is 0 Å². The minimum absolute atomic E-state index is 0.234. The summed E-state index contributed by atoms with van der Waals surface area (Å²) in [6, 6.07) is 0.632. The number of nitrogens with zero attached hydrogens (tertiary/aromatic N) is 1. The third-order valence-electron chi connectivity index (χ3n) is 5.91. The molecule has 126 valence electrons. The fraction of sp³-hybridized carbons (Fsp3) is 1.00. The maximum atomic E-state index is 6.28. The van der Waals surface area contributed by atoms with Crippen LogP contribution in [0.15, 0.2) is 0 Å². The molecule has 1 rings (SSSR count). The van der Waals surface area contributed by atoms with Crippen LogP contribution in [0.4, 0.5) is 0 Å². The summed E-state index contributed by atoms with van der Waals surface area (Å²) in [5.74, 6) is 2.09. The van der Waals surface area contributed by atoms with Crippen molar-refractivity contribution in [1.82, 2.24) is 4.90 Å². The largest absolute Gasteiger partial charge is 0.329 e. The standard InChI is InChI=1S/C18H38N2S/c1-15(10-13-21-6)20(5)18(14-19)11-7-8-16(9-12-18)17(2,3)4/h15-16H,7-14,19H2,1-6H3. The highest BCUT2D eigenvalue weighted by molar-refractivity contribution is 7.98. The van der Waals surface area contributed by atoms with Gasteiger partial charge in [0.05, 0.1) is 0 Å². The second-order valence-corrected chi connectivity index (χ2v) is 9.15. The molecular weight excluding hydrogens is 276 g/mol. The van der Waals surface area contributed by atoms with E-state index < -0.39 is 0 Å². The summed E-state index contributed by atoms with van der Waals surface area (Å²) in [4.78, 5) is 2.62. The van der Waals surface area contributed by atoms with Gasteiger partial charge in [0.1, 0.15) is 0 Å². The zero-order valence-corrected chi connectivity index (χ0v) is 16.1. The summed E-state index contributed by atoms with van der Waals surface area (Å²) < 4.78 is 0. The lowest BCUT2D eigenvalue weighted by Crippen LogP contribution is -2.55. The van der Waals surface area contributed by atoms with Crippen molar-refractivity contribution >= 4 is 11.8 Å². The van der Waals surface area contributed by atoms with Crippen LogP contribution in [0, 0.1) is 11.3 Å². The summed E-state index contributed by atoms with van der Waals surface area (Å²) in [5, 5.41) is 0. The van der Waals surface area contributed by atoms with Crippen molar-refractivity contribution in [2.75, 3.05) is 25.6 Å². The molecular formula is C18H38N2S. The fourth-order valence-corrected chi connectivity index (χ4v) is 4.48. The van der Waals surface area contributed by atoms with Crippen molar-refractivity contribution in [3.63, 3.8) is 0 Å². The molecule has 1 aliphatic carbocycles. The van der Waals surface area contributed by atoms with Gasteiger partial charge in [-0.05, 0) is 69.4 Å². The molecule has 0 aromatic carbocycles.